The third-order valence-corrected chi connectivity index (χ3v) is 3.75. The fraction of sp³-hybridized carbons (Fsp3) is 0.533. The van der Waals surface area contributed by atoms with E-state index in [0.29, 0.717) is 19.0 Å². The van der Waals surface area contributed by atoms with Crippen LogP contribution in [0, 0.1) is 0 Å². The van der Waals surface area contributed by atoms with Gasteiger partial charge in [0, 0.05) is 45.1 Å². The summed E-state index contributed by atoms with van der Waals surface area (Å²) in [4.78, 5) is 28.0. The van der Waals surface area contributed by atoms with Gasteiger partial charge in [-0.05, 0) is 12.0 Å². The molecular formula is C15H21N3O4. The van der Waals surface area contributed by atoms with Gasteiger partial charge >= 0.3 is 5.97 Å². The Kier molecular flexibility index (Phi) is 5.32. The zero-order chi connectivity index (χ0) is 16.1. The molecule has 0 saturated carbocycles. The molecule has 0 aromatic carbocycles. The molecule has 1 amide bonds. The Morgan fingerprint density at radius 3 is 2.64 bits per heavy atom. The van der Waals surface area contributed by atoms with Crippen molar-refractivity contribution in [3.63, 3.8) is 0 Å². The first kappa shape index (κ1) is 16.2. The number of hydrogen-bond acceptors (Lipinski definition) is 5. The monoisotopic (exact) mass is 307 g/mol. The van der Waals surface area contributed by atoms with E-state index in [0.717, 1.165) is 18.4 Å². The van der Waals surface area contributed by atoms with Crippen LogP contribution in [0.15, 0.2) is 18.3 Å². The molecule has 1 saturated heterocycles. The summed E-state index contributed by atoms with van der Waals surface area (Å²) in [5, 5.41) is 8.78. The summed E-state index contributed by atoms with van der Waals surface area (Å²) in [7, 11) is 0. The minimum atomic E-state index is -1.03. The van der Waals surface area contributed by atoms with Gasteiger partial charge in [0.25, 0.3) is 0 Å². The van der Waals surface area contributed by atoms with E-state index in [-0.39, 0.29) is 18.4 Å². The van der Waals surface area contributed by atoms with E-state index in [1.807, 2.05) is 4.90 Å². The van der Waals surface area contributed by atoms with E-state index in [2.05, 4.69) is 4.98 Å². The number of likely N-dealkylation sites (tertiary alicyclic amines) is 1. The smallest absolute Gasteiger partial charge is 0.320 e. The van der Waals surface area contributed by atoms with Gasteiger partial charge in [-0.2, -0.15) is 0 Å². The number of carbonyl (C=O) groups is 2. The van der Waals surface area contributed by atoms with Gasteiger partial charge in [-0.3, -0.25) is 9.59 Å². The highest BCUT2D eigenvalue weighted by Crippen LogP contribution is 2.17. The molecule has 2 heterocycles. The SMILES string of the molecule is CC(=O)N1CCC(Oc2ccc(C[C@H](N)C(=O)O)cn2)CC1. The van der Waals surface area contributed by atoms with Crippen LogP contribution in [0.4, 0.5) is 0 Å². The van der Waals surface area contributed by atoms with Gasteiger partial charge in [0.1, 0.15) is 12.1 Å². The van der Waals surface area contributed by atoms with Crippen LogP contribution in [0.25, 0.3) is 0 Å². The molecule has 0 aliphatic carbocycles. The van der Waals surface area contributed by atoms with E-state index in [9.17, 15) is 9.59 Å². The number of carbonyl (C=O) groups excluding carboxylic acids is 1. The summed E-state index contributed by atoms with van der Waals surface area (Å²) in [6.45, 7) is 2.97. The first-order chi connectivity index (χ1) is 10.5. The van der Waals surface area contributed by atoms with E-state index in [4.69, 9.17) is 15.6 Å². The predicted molar refractivity (Wildman–Crippen MR) is 79.5 cm³/mol. The lowest BCUT2D eigenvalue weighted by atomic mass is 10.1. The van der Waals surface area contributed by atoms with Crippen molar-refractivity contribution in [2.24, 2.45) is 5.73 Å². The lowest BCUT2D eigenvalue weighted by Gasteiger charge is -2.31. The maximum Gasteiger partial charge on any atom is 0.320 e. The number of amides is 1. The van der Waals surface area contributed by atoms with Gasteiger partial charge in [-0.1, -0.05) is 6.07 Å². The summed E-state index contributed by atoms with van der Waals surface area (Å²) in [6.07, 6.45) is 3.44. The molecule has 1 fully saturated rings. The van der Waals surface area contributed by atoms with Gasteiger partial charge in [0.2, 0.25) is 11.8 Å². The van der Waals surface area contributed by atoms with Crippen LogP contribution in [0.3, 0.4) is 0 Å². The number of carboxylic acids is 1. The number of aliphatic carboxylic acids is 1. The van der Waals surface area contributed by atoms with E-state index >= 15 is 0 Å². The minimum Gasteiger partial charge on any atom is -0.480 e. The fourth-order valence-corrected chi connectivity index (χ4v) is 2.40. The lowest BCUT2D eigenvalue weighted by molar-refractivity contribution is -0.138. The number of carboxylic acid groups (broad SMARTS) is 1. The molecule has 1 aliphatic heterocycles. The molecule has 0 unspecified atom stereocenters. The average Bonchev–Trinajstić information content (AvgIpc) is 2.49. The quantitative estimate of drug-likeness (QED) is 0.817. The number of rotatable bonds is 5. The zero-order valence-electron chi connectivity index (χ0n) is 12.6. The van der Waals surface area contributed by atoms with E-state index in [1.165, 1.54) is 0 Å². The Labute approximate surface area is 129 Å². The summed E-state index contributed by atoms with van der Waals surface area (Å²) >= 11 is 0. The van der Waals surface area contributed by atoms with Crippen LogP contribution < -0.4 is 10.5 Å². The molecule has 2 rings (SSSR count). The third-order valence-electron chi connectivity index (χ3n) is 3.75. The van der Waals surface area contributed by atoms with Crippen molar-refractivity contribution in [2.75, 3.05) is 13.1 Å². The predicted octanol–water partition coefficient (Wildman–Crippen LogP) is 0.426. The molecule has 1 aromatic rings. The normalized spacial score (nSPS) is 17.1. The maximum absolute atomic E-state index is 11.3. The van der Waals surface area contributed by atoms with Crippen molar-refractivity contribution in [3.8, 4) is 5.88 Å². The summed E-state index contributed by atoms with van der Waals surface area (Å²) in [5.74, 6) is -0.429. The number of aromatic nitrogens is 1. The molecule has 22 heavy (non-hydrogen) atoms. The second-order valence-corrected chi connectivity index (χ2v) is 5.48. The van der Waals surface area contributed by atoms with Crippen molar-refractivity contribution in [2.45, 2.75) is 38.3 Å². The molecule has 1 atom stereocenters. The van der Waals surface area contributed by atoms with Crippen LogP contribution in [0.2, 0.25) is 0 Å². The Bertz CT molecular complexity index is 524. The molecule has 0 radical (unpaired) electrons. The minimum absolute atomic E-state index is 0.0511. The number of hydrogen-bond donors (Lipinski definition) is 2. The third kappa shape index (κ3) is 4.42. The van der Waals surface area contributed by atoms with Crippen molar-refractivity contribution in [1.29, 1.82) is 0 Å². The summed E-state index contributed by atoms with van der Waals surface area (Å²) in [5.41, 5.74) is 6.24. The summed E-state index contributed by atoms with van der Waals surface area (Å²) < 4.78 is 5.79. The highest BCUT2D eigenvalue weighted by atomic mass is 16.5. The van der Waals surface area contributed by atoms with Crippen molar-refractivity contribution >= 4 is 11.9 Å². The zero-order valence-corrected chi connectivity index (χ0v) is 12.6. The highest BCUT2D eigenvalue weighted by molar-refractivity contribution is 5.73. The highest BCUT2D eigenvalue weighted by Gasteiger charge is 2.22. The molecule has 1 aliphatic rings. The average molecular weight is 307 g/mol. The van der Waals surface area contributed by atoms with Gasteiger partial charge in [0.05, 0.1) is 0 Å². The number of piperidine rings is 1. The summed E-state index contributed by atoms with van der Waals surface area (Å²) in [6, 6.07) is 2.57. The number of nitrogens with zero attached hydrogens (tertiary/aromatic N) is 2. The second-order valence-electron chi connectivity index (χ2n) is 5.48. The number of pyridine rings is 1. The van der Waals surface area contributed by atoms with Gasteiger partial charge in [0.15, 0.2) is 0 Å². The topological polar surface area (TPSA) is 106 Å². The Hall–Kier alpha value is -2.15. The molecular weight excluding hydrogens is 286 g/mol. The fourth-order valence-electron chi connectivity index (χ4n) is 2.40. The van der Waals surface area contributed by atoms with Crippen molar-refractivity contribution in [1.82, 2.24) is 9.88 Å². The standard InChI is InChI=1S/C15H21N3O4/c1-10(19)18-6-4-12(5-7-18)22-14-3-2-11(9-17-14)8-13(16)15(20)21/h2-3,9,12-13H,4-8,16H2,1H3,(H,20,21)/t13-/m0/s1. The lowest BCUT2D eigenvalue weighted by Crippen LogP contribution is -2.40. The molecule has 120 valence electrons. The number of ether oxygens (including phenoxy) is 1. The first-order valence-corrected chi connectivity index (χ1v) is 7.31. The molecule has 3 N–H and O–H groups in total. The van der Waals surface area contributed by atoms with Crippen LogP contribution in [0.5, 0.6) is 5.88 Å². The van der Waals surface area contributed by atoms with Gasteiger partial charge < -0.3 is 20.5 Å². The van der Waals surface area contributed by atoms with Crippen LogP contribution in [-0.2, 0) is 16.0 Å². The van der Waals surface area contributed by atoms with E-state index in [1.54, 1.807) is 25.3 Å². The van der Waals surface area contributed by atoms with E-state index < -0.39 is 12.0 Å². The largest absolute Gasteiger partial charge is 0.480 e. The first-order valence-electron chi connectivity index (χ1n) is 7.31. The molecule has 7 nitrogen and oxygen atoms in total. The maximum atomic E-state index is 11.3. The van der Waals surface area contributed by atoms with Gasteiger partial charge in [-0.15, -0.1) is 0 Å². The molecule has 0 bridgehead atoms. The van der Waals surface area contributed by atoms with Crippen LogP contribution >= 0.6 is 0 Å². The van der Waals surface area contributed by atoms with Crippen LogP contribution in [0.1, 0.15) is 25.3 Å². The van der Waals surface area contributed by atoms with Crippen LogP contribution in [-0.4, -0.2) is 52.1 Å². The molecule has 7 heteroatoms. The van der Waals surface area contributed by atoms with Crippen molar-refractivity contribution in [3.05, 3.63) is 23.9 Å². The Balaban J connectivity index is 1.84. The van der Waals surface area contributed by atoms with Crippen molar-refractivity contribution < 1.29 is 19.4 Å². The van der Waals surface area contributed by atoms with Gasteiger partial charge in [-0.25, -0.2) is 4.98 Å². The number of nitrogens with two attached hydrogens (primary N) is 1. The Morgan fingerprint density at radius 2 is 2.14 bits per heavy atom. The molecule has 0 spiro atoms. The second kappa shape index (κ2) is 7.22. The Morgan fingerprint density at radius 1 is 1.45 bits per heavy atom. The molecule has 1 aromatic heterocycles.